The molecule has 13 rings (SSSR count). The Kier molecular flexibility index (Phi) is 7.82. The fourth-order valence-corrected chi connectivity index (χ4v) is 11.4. The van der Waals surface area contributed by atoms with E-state index < -0.39 is 0 Å². The van der Waals surface area contributed by atoms with Gasteiger partial charge in [-0.05, 0) is 122 Å². The van der Waals surface area contributed by atoms with Gasteiger partial charge in [0.15, 0.2) is 0 Å². The molecule has 0 saturated carbocycles. The number of rotatable bonds is 5. The summed E-state index contributed by atoms with van der Waals surface area (Å²) in [6.07, 6.45) is 0. The predicted molar refractivity (Wildman–Crippen MR) is 270 cm³/mol. The van der Waals surface area contributed by atoms with Gasteiger partial charge in [0, 0.05) is 61.2 Å². The average molecular weight is 837 g/mol. The van der Waals surface area contributed by atoms with Gasteiger partial charge in [0.25, 0.3) is 0 Å². The van der Waals surface area contributed by atoms with Crippen LogP contribution in [0.25, 0.3) is 82.6 Å². The lowest BCUT2D eigenvalue weighted by molar-refractivity contribution is 0.569. The molecule has 0 fully saturated rings. The summed E-state index contributed by atoms with van der Waals surface area (Å²) in [6.45, 7) is 9.28. The second-order valence-corrected chi connectivity index (χ2v) is 18.9. The van der Waals surface area contributed by atoms with Crippen LogP contribution in [0.1, 0.15) is 49.9 Å². The zero-order valence-corrected chi connectivity index (χ0v) is 36.7. The van der Waals surface area contributed by atoms with Gasteiger partial charge in [-0.25, -0.2) is 4.79 Å². The molecule has 0 spiro atoms. The molecule has 0 amide bonds. The second-order valence-electron chi connectivity index (χ2n) is 18.9. The molecule has 0 N–H and O–H groups in total. The number of hydrogen-bond donors (Lipinski definition) is 0. The molecule has 0 aliphatic heterocycles. The van der Waals surface area contributed by atoms with Gasteiger partial charge in [0.2, 0.25) is 0 Å². The van der Waals surface area contributed by atoms with Crippen molar-refractivity contribution in [2.45, 2.75) is 38.5 Å². The third-order valence-electron chi connectivity index (χ3n) is 14.6. The maximum Gasteiger partial charge on any atom is 0.344 e. The van der Waals surface area contributed by atoms with Crippen molar-refractivity contribution in [1.29, 1.82) is 0 Å². The molecule has 2 heterocycles. The highest BCUT2D eigenvalue weighted by atomic mass is 16.4. The van der Waals surface area contributed by atoms with Crippen molar-refractivity contribution in [2.75, 3.05) is 4.90 Å². The number of para-hydroxylation sites is 1. The van der Waals surface area contributed by atoms with E-state index in [1.807, 2.05) is 18.2 Å². The number of hydrogen-bond acceptors (Lipinski definition) is 3. The molecular formula is C61H44N2O2. The summed E-state index contributed by atoms with van der Waals surface area (Å²) < 4.78 is 8.62. The Labute approximate surface area is 377 Å². The van der Waals surface area contributed by atoms with Crippen molar-refractivity contribution in [3.63, 3.8) is 0 Å². The molecule has 2 aromatic heterocycles. The molecular weight excluding hydrogens is 793 g/mol. The molecule has 0 radical (unpaired) electrons. The number of anilines is 3. The fraction of sp³-hybridized carbons (Fsp3) is 0.0984. The Morgan fingerprint density at radius 3 is 1.82 bits per heavy atom. The van der Waals surface area contributed by atoms with E-state index in [4.69, 9.17) is 4.42 Å². The third-order valence-corrected chi connectivity index (χ3v) is 14.6. The standard InChI is InChI=1S/C61H44N2O2/c1-60(2)53-20-12-9-17-45(53)49-33-39(26-30-54(49)60)62(41-24-28-46-44-16-8-11-19-52(44)61(3,4)55(46)35-41)42-25-29-48-43-27-23-40(34-51(43)59(64)65-58(48)36-42)63-56-21-13-10-18-47(56)50-32-38(22-31-57(50)63)37-14-6-5-7-15-37/h5-36H,1-4H3. The Morgan fingerprint density at radius 1 is 0.400 bits per heavy atom. The second kappa shape index (κ2) is 13.5. The minimum atomic E-state index is -0.362. The highest BCUT2D eigenvalue weighted by Gasteiger charge is 2.37. The average Bonchev–Trinajstić information content (AvgIpc) is 3.88. The molecule has 310 valence electrons. The zero-order chi connectivity index (χ0) is 43.8. The fourth-order valence-electron chi connectivity index (χ4n) is 11.4. The first-order chi connectivity index (χ1) is 31.6. The quantitative estimate of drug-likeness (QED) is 0.128. The van der Waals surface area contributed by atoms with Gasteiger partial charge >= 0.3 is 5.63 Å². The molecule has 0 atom stereocenters. The molecule has 4 heteroatoms. The van der Waals surface area contributed by atoms with Crippen LogP contribution in [0.3, 0.4) is 0 Å². The molecule has 9 aromatic carbocycles. The maximum absolute atomic E-state index is 14.3. The Balaban J connectivity index is 0.965. The van der Waals surface area contributed by atoms with Gasteiger partial charge in [0.1, 0.15) is 5.58 Å². The van der Waals surface area contributed by atoms with Crippen LogP contribution in [0.4, 0.5) is 17.1 Å². The summed E-state index contributed by atoms with van der Waals surface area (Å²) in [6, 6.07) is 69.5. The van der Waals surface area contributed by atoms with Gasteiger partial charge in [-0.1, -0.05) is 149 Å². The van der Waals surface area contributed by atoms with E-state index in [2.05, 4.69) is 213 Å². The summed E-state index contributed by atoms with van der Waals surface area (Å²) in [5.74, 6) is 0. The highest BCUT2D eigenvalue weighted by molar-refractivity contribution is 6.11. The van der Waals surface area contributed by atoms with Crippen molar-refractivity contribution in [1.82, 2.24) is 4.57 Å². The number of nitrogens with zero attached hydrogens (tertiary/aromatic N) is 2. The van der Waals surface area contributed by atoms with E-state index in [0.717, 1.165) is 55.3 Å². The summed E-state index contributed by atoms with van der Waals surface area (Å²) >= 11 is 0. The molecule has 0 bridgehead atoms. The maximum atomic E-state index is 14.3. The molecule has 0 unspecified atom stereocenters. The van der Waals surface area contributed by atoms with Crippen LogP contribution in [0.15, 0.2) is 203 Å². The van der Waals surface area contributed by atoms with Crippen LogP contribution in [0.5, 0.6) is 0 Å². The first-order valence-corrected chi connectivity index (χ1v) is 22.5. The normalized spacial score (nSPS) is 14.2. The molecule has 4 nitrogen and oxygen atoms in total. The lowest BCUT2D eigenvalue weighted by Crippen LogP contribution is -2.17. The largest absolute Gasteiger partial charge is 0.422 e. The summed E-state index contributed by atoms with van der Waals surface area (Å²) in [5, 5.41) is 4.62. The monoisotopic (exact) mass is 836 g/mol. The molecule has 65 heavy (non-hydrogen) atoms. The van der Waals surface area contributed by atoms with Gasteiger partial charge in [0.05, 0.1) is 16.4 Å². The number of aromatic nitrogens is 1. The van der Waals surface area contributed by atoms with E-state index in [-0.39, 0.29) is 16.5 Å². The van der Waals surface area contributed by atoms with Crippen molar-refractivity contribution in [3.05, 3.63) is 227 Å². The molecule has 2 aliphatic rings. The zero-order valence-electron chi connectivity index (χ0n) is 36.7. The molecule has 11 aromatic rings. The summed E-state index contributed by atoms with van der Waals surface area (Å²) in [4.78, 5) is 16.6. The van der Waals surface area contributed by atoms with Gasteiger partial charge in [-0.15, -0.1) is 0 Å². The van der Waals surface area contributed by atoms with Crippen molar-refractivity contribution >= 4 is 60.6 Å². The minimum absolute atomic E-state index is 0.112. The summed E-state index contributed by atoms with van der Waals surface area (Å²) in [5.41, 5.74) is 18.7. The van der Waals surface area contributed by atoms with Crippen LogP contribution >= 0.6 is 0 Å². The lowest BCUT2D eigenvalue weighted by Gasteiger charge is -2.29. The lowest BCUT2D eigenvalue weighted by atomic mass is 9.82. The molecule has 0 saturated heterocycles. The van der Waals surface area contributed by atoms with Gasteiger partial charge in [-0.2, -0.15) is 0 Å². The first-order valence-electron chi connectivity index (χ1n) is 22.5. The Morgan fingerprint density at radius 2 is 1.00 bits per heavy atom. The van der Waals surface area contributed by atoms with Crippen LogP contribution in [0, 0.1) is 0 Å². The van der Waals surface area contributed by atoms with E-state index >= 15 is 0 Å². The minimum Gasteiger partial charge on any atom is -0.422 e. The van der Waals surface area contributed by atoms with Crippen LogP contribution in [-0.2, 0) is 10.8 Å². The Hall–Kier alpha value is -7.95. The van der Waals surface area contributed by atoms with Crippen LogP contribution in [0.2, 0.25) is 0 Å². The third kappa shape index (κ3) is 5.41. The molecule has 2 aliphatic carbocycles. The predicted octanol–water partition coefficient (Wildman–Crippen LogP) is 15.8. The smallest absolute Gasteiger partial charge is 0.344 e. The van der Waals surface area contributed by atoms with Gasteiger partial charge < -0.3 is 13.9 Å². The van der Waals surface area contributed by atoms with Crippen molar-refractivity contribution < 1.29 is 4.42 Å². The summed E-state index contributed by atoms with van der Waals surface area (Å²) in [7, 11) is 0. The SMILES string of the molecule is CC1(C)c2ccccc2-c2cc(N(c3ccc4c(c3)C(C)(C)c3ccccc3-4)c3ccc4c(c3)oc(=O)c3cc(-n5c6ccccc6c6cc(-c7ccccc7)ccc65)ccc34)ccc21. The number of benzene rings is 9. The van der Waals surface area contributed by atoms with E-state index in [0.29, 0.717) is 11.0 Å². The van der Waals surface area contributed by atoms with Crippen LogP contribution in [-0.4, -0.2) is 4.57 Å². The van der Waals surface area contributed by atoms with Gasteiger partial charge in [-0.3, -0.25) is 0 Å². The van der Waals surface area contributed by atoms with E-state index in [1.54, 1.807) is 0 Å². The van der Waals surface area contributed by atoms with E-state index in [9.17, 15) is 4.79 Å². The van der Waals surface area contributed by atoms with Crippen molar-refractivity contribution in [2.24, 2.45) is 0 Å². The van der Waals surface area contributed by atoms with E-state index in [1.165, 1.54) is 55.6 Å². The highest BCUT2D eigenvalue weighted by Crippen LogP contribution is 2.53. The van der Waals surface area contributed by atoms with Crippen molar-refractivity contribution in [3.8, 4) is 39.1 Å². The topological polar surface area (TPSA) is 38.4 Å². The van der Waals surface area contributed by atoms with Crippen LogP contribution < -0.4 is 10.5 Å². The number of fused-ring (bicyclic) bond motifs is 12. The first kappa shape index (κ1) is 37.6. The Bertz CT molecular complexity index is 3870.